The van der Waals surface area contributed by atoms with Crippen molar-refractivity contribution in [2.45, 2.75) is 26.9 Å². The molecule has 0 amide bonds. The third-order valence-electron chi connectivity index (χ3n) is 2.60. The van der Waals surface area contributed by atoms with Crippen LogP contribution in [0.4, 0.5) is 11.5 Å². The van der Waals surface area contributed by atoms with Gasteiger partial charge in [0.15, 0.2) is 5.82 Å². The Kier molecular flexibility index (Phi) is 4.11. The van der Waals surface area contributed by atoms with Crippen LogP contribution in [0.15, 0.2) is 24.7 Å². The van der Waals surface area contributed by atoms with Crippen LogP contribution >= 0.6 is 0 Å². The van der Waals surface area contributed by atoms with Gasteiger partial charge in [0.25, 0.3) is 0 Å². The van der Waals surface area contributed by atoms with Gasteiger partial charge in [-0.1, -0.05) is 0 Å². The lowest BCUT2D eigenvalue weighted by Crippen LogP contribution is -2.08. The Morgan fingerprint density at radius 3 is 2.94 bits per heavy atom. The summed E-state index contributed by atoms with van der Waals surface area (Å²) in [6.07, 6.45) is 3.53. The zero-order valence-electron chi connectivity index (χ0n) is 10.7. The van der Waals surface area contributed by atoms with E-state index < -0.39 is 0 Å². The fourth-order valence-electron chi connectivity index (χ4n) is 1.68. The van der Waals surface area contributed by atoms with Gasteiger partial charge in [-0.2, -0.15) is 0 Å². The topological polar surface area (TPSA) is 67.7 Å². The van der Waals surface area contributed by atoms with Crippen molar-refractivity contribution < 1.29 is 0 Å². The SMILES string of the molecule is CCNc1cc(NCc2nncn2CC)ccn1. The zero-order valence-corrected chi connectivity index (χ0v) is 10.7. The minimum Gasteiger partial charge on any atom is -0.378 e. The molecule has 18 heavy (non-hydrogen) atoms. The zero-order chi connectivity index (χ0) is 12.8. The summed E-state index contributed by atoms with van der Waals surface area (Å²) in [5, 5.41) is 14.5. The first-order valence-electron chi connectivity index (χ1n) is 6.14. The fourth-order valence-corrected chi connectivity index (χ4v) is 1.68. The predicted octanol–water partition coefficient (Wildman–Crippen LogP) is 1.74. The highest BCUT2D eigenvalue weighted by Gasteiger charge is 2.02. The van der Waals surface area contributed by atoms with Gasteiger partial charge >= 0.3 is 0 Å². The Morgan fingerprint density at radius 1 is 1.28 bits per heavy atom. The van der Waals surface area contributed by atoms with Crippen molar-refractivity contribution in [1.29, 1.82) is 0 Å². The lowest BCUT2D eigenvalue weighted by atomic mass is 10.3. The first-order chi connectivity index (χ1) is 8.83. The molecule has 0 bridgehead atoms. The molecule has 0 aliphatic heterocycles. The van der Waals surface area contributed by atoms with Crippen LogP contribution in [0, 0.1) is 0 Å². The summed E-state index contributed by atoms with van der Waals surface area (Å²) in [5.74, 6) is 1.80. The second kappa shape index (κ2) is 6.00. The smallest absolute Gasteiger partial charge is 0.152 e. The quantitative estimate of drug-likeness (QED) is 0.812. The van der Waals surface area contributed by atoms with Crippen molar-refractivity contribution >= 4 is 11.5 Å². The Hall–Kier alpha value is -2.11. The molecule has 0 atom stereocenters. The molecule has 2 aromatic rings. The van der Waals surface area contributed by atoms with E-state index in [1.54, 1.807) is 12.5 Å². The average Bonchev–Trinajstić information content (AvgIpc) is 2.84. The van der Waals surface area contributed by atoms with Crippen LogP contribution in [0.3, 0.4) is 0 Å². The lowest BCUT2D eigenvalue weighted by Gasteiger charge is -2.08. The van der Waals surface area contributed by atoms with E-state index in [2.05, 4.69) is 32.7 Å². The number of rotatable bonds is 6. The fraction of sp³-hybridized carbons (Fsp3) is 0.417. The highest BCUT2D eigenvalue weighted by atomic mass is 15.3. The van der Waals surface area contributed by atoms with Crippen LogP contribution in [0.25, 0.3) is 0 Å². The van der Waals surface area contributed by atoms with Gasteiger partial charge in [-0.25, -0.2) is 4.98 Å². The summed E-state index contributed by atoms with van der Waals surface area (Å²) >= 11 is 0. The highest BCUT2D eigenvalue weighted by Crippen LogP contribution is 2.12. The van der Waals surface area contributed by atoms with E-state index >= 15 is 0 Å². The van der Waals surface area contributed by atoms with Crippen LogP contribution in [0.5, 0.6) is 0 Å². The summed E-state index contributed by atoms with van der Waals surface area (Å²) < 4.78 is 2.01. The first kappa shape index (κ1) is 12.3. The van der Waals surface area contributed by atoms with E-state index in [0.717, 1.165) is 30.4 Å². The molecule has 2 aromatic heterocycles. The van der Waals surface area contributed by atoms with E-state index in [0.29, 0.717) is 6.54 Å². The van der Waals surface area contributed by atoms with Crippen LogP contribution < -0.4 is 10.6 Å². The van der Waals surface area contributed by atoms with Crippen molar-refractivity contribution in [3.63, 3.8) is 0 Å². The molecule has 2 rings (SSSR count). The van der Waals surface area contributed by atoms with Gasteiger partial charge in [0, 0.05) is 31.0 Å². The van der Waals surface area contributed by atoms with Gasteiger partial charge in [-0.3, -0.25) is 0 Å². The maximum absolute atomic E-state index is 4.22. The lowest BCUT2D eigenvalue weighted by molar-refractivity contribution is 0.708. The van der Waals surface area contributed by atoms with Gasteiger partial charge in [-0.05, 0) is 19.9 Å². The number of nitrogens with one attached hydrogen (secondary N) is 2. The minimum atomic E-state index is 0.656. The molecule has 0 fully saturated rings. The van der Waals surface area contributed by atoms with E-state index in [1.807, 2.05) is 23.6 Å². The summed E-state index contributed by atoms with van der Waals surface area (Å²) in [6.45, 7) is 6.51. The Labute approximate surface area is 106 Å². The van der Waals surface area contributed by atoms with E-state index in [4.69, 9.17) is 0 Å². The second-order valence-electron chi connectivity index (χ2n) is 3.85. The molecule has 0 aliphatic rings. The van der Waals surface area contributed by atoms with Gasteiger partial charge < -0.3 is 15.2 Å². The molecule has 0 saturated carbocycles. The van der Waals surface area contributed by atoms with E-state index in [9.17, 15) is 0 Å². The van der Waals surface area contributed by atoms with Crippen molar-refractivity contribution in [1.82, 2.24) is 19.7 Å². The number of hydrogen-bond acceptors (Lipinski definition) is 5. The maximum Gasteiger partial charge on any atom is 0.152 e. The van der Waals surface area contributed by atoms with Crippen molar-refractivity contribution in [2.24, 2.45) is 0 Å². The molecule has 0 aromatic carbocycles. The first-order valence-corrected chi connectivity index (χ1v) is 6.14. The molecular formula is C12H18N6. The molecule has 6 heteroatoms. The van der Waals surface area contributed by atoms with E-state index in [1.165, 1.54) is 0 Å². The third-order valence-corrected chi connectivity index (χ3v) is 2.60. The minimum absolute atomic E-state index is 0.656. The average molecular weight is 246 g/mol. The molecule has 0 unspecified atom stereocenters. The number of aromatic nitrogens is 4. The van der Waals surface area contributed by atoms with Gasteiger partial charge in [0.2, 0.25) is 0 Å². The molecule has 96 valence electrons. The summed E-state index contributed by atoms with van der Waals surface area (Å²) in [7, 11) is 0. The molecule has 2 heterocycles. The number of anilines is 2. The number of hydrogen-bond donors (Lipinski definition) is 2. The number of aryl methyl sites for hydroxylation is 1. The highest BCUT2D eigenvalue weighted by molar-refractivity contribution is 5.51. The molecule has 0 saturated heterocycles. The maximum atomic E-state index is 4.22. The van der Waals surface area contributed by atoms with Crippen LogP contribution in [-0.4, -0.2) is 26.3 Å². The van der Waals surface area contributed by atoms with Crippen LogP contribution in [0.1, 0.15) is 19.7 Å². The standard InChI is InChI=1S/C12H18N6/c1-3-13-11-7-10(5-6-14-11)15-8-12-17-16-9-18(12)4-2/h5-7,9H,3-4,8H2,1-2H3,(H2,13,14,15). The summed E-state index contributed by atoms with van der Waals surface area (Å²) in [5.41, 5.74) is 1.02. The third kappa shape index (κ3) is 2.97. The molecule has 0 radical (unpaired) electrons. The summed E-state index contributed by atoms with van der Waals surface area (Å²) in [6, 6.07) is 3.92. The molecule has 6 nitrogen and oxygen atoms in total. The van der Waals surface area contributed by atoms with Gasteiger partial charge in [0.1, 0.15) is 12.1 Å². The van der Waals surface area contributed by atoms with E-state index in [-0.39, 0.29) is 0 Å². The number of pyridine rings is 1. The number of nitrogens with zero attached hydrogens (tertiary/aromatic N) is 4. The largest absolute Gasteiger partial charge is 0.378 e. The van der Waals surface area contributed by atoms with Crippen molar-refractivity contribution in [3.8, 4) is 0 Å². The monoisotopic (exact) mass is 246 g/mol. The predicted molar refractivity (Wildman–Crippen MR) is 71.4 cm³/mol. The van der Waals surface area contributed by atoms with Gasteiger partial charge in [0.05, 0.1) is 6.54 Å². The summed E-state index contributed by atoms with van der Waals surface area (Å²) in [4.78, 5) is 4.22. The van der Waals surface area contributed by atoms with Gasteiger partial charge in [-0.15, -0.1) is 10.2 Å². The van der Waals surface area contributed by atoms with Crippen molar-refractivity contribution in [2.75, 3.05) is 17.2 Å². The molecule has 2 N–H and O–H groups in total. The molecular weight excluding hydrogens is 228 g/mol. The van der Waals surface area contributed by atoms with Crippen LogP contribution in [-0.2, 0) is 13.1 Å². The second-order valence-corrected chi connectivity index (χ2v) is 3.85. The molecule has 0 spiro atoms. The molecule has 0 aliphatic carbocycles. The Balaban J connectivity index is 1.99. The normalized spacial score (nSPS) is 10.3. The Bertz CT molecular complexity index is 493. The van der Waals surface area contributed by atoms with Crippen molar-refractivity contribution in [3.05, 3.63) is 30.5 Å². The Morgan fingerprint density at radius 2 is 2.17 bits per heavy atom. The van der Waals surface area contributed by atoms with Crippen LogP contribution in [0.2, 0.25) is 0 Å².